The monoisotopic (exact) mass is 313 g/mol. The van der Waals surface area contributed by atoms with E-state index in [2.05, 4.69) is 0 Å². The molecule has 0 aromatic heterocycles. The van der Waals surface area contributed by atoms with Crippen LogP contribution in [-0.2, 0) is 9.47 Å². The van der Waals surface area contributed by atoms with Crippen molar-refractivity contribution in [3.8, 4) is 0 Å². The summed E-state index contributed by atoms with van der Waals surface area (Å²) in [6.45, 7) is 1.53. The van der Waals surface area contributed by atoms with E-state index in [9.17, 15) is 14.0 Å². The van der Waals surface area contributed by atoms with Gasteiger partial charge in [0.15, 0.2) is 0 Å². The van der Waals surface area contributed by atoms with Gasteiger partial charge in [-0.15, -0.1) is 0 Å². The van der Waals surface area contributed by atoms with Crippen molar-refractivity contribution in [3.63, 3.8) is 0 Å². The highest BCUT2D eigenvalue weighted by atomic mass is 19.1. The molecule has 0 aliphatic rings. The summed E-state index contributed by atoms with van der Waals surface area (Å²) < 4.78 is 23.9. The lowest BCUT2D eigenvalue weighted by Gasteiger charge is -2.22. The van der Waals surface area contributed by atoms with Gasteiger partial charge in [0.2, 0.25) is 0 Å². The summed E-state index contributed by atoms with van der Waals surface area (Å²) in [6.07, 6.45) is 0.612. The number of ether oxygens (including phenoxy) is 2. The largest absolute Gasteiger partial charge is 0.478 e. The molecule has 22 heavy (non-hydrogen) atoms. The van der Waals surface area contributed by atoms with Crippen LogP contribution in [0.15, 0.2) is 18.2 Å². The Bertz CT molecular complexity index is 521. The molecule has 1 aromatic rings. The van der Waals surface area contributed by atoms with Gasteiger partial charge in [0, 0.05) is 33.9 Å². The van der Waals surface area contributed by atoms with E-state index in [1.807, 2.05) is 0 Å². The lowest BCUT2D eigenvalue weighted by atomic mass is 10.1. The van der Waals surface area contributed by atoms with Crippen molar-refractivity contribution in [1.82, 2.24) is 4.90 Å². The third-order valence-corrected chi connectivity index (χ3v) is 3.08. The molecule has 1 rings (SSSR count). The molecule has 0 fully saturated rings. The highest BCUT2D eigenvalue weighted by Gasteiger charge is 2.20. The lowest BCUT2D eigenvalue weighted by Crippen LogP contribution is -2.35. The molecule has 1 aromatic carbocycles. The molecular weight excluding hydrogens is 293 g/mol. The molecule has 0 aliphatic carbocycles. The van der Waals surface area contributed by atoms with Crippen LogP contribution in [0.5, 0.6) is 0 Å². The first kappa shape index (κ1) is 18.1. The van der Waals surface area contributed by atoms with Crippen LogP contribution in [0.25, 0.3) is 0 Å². The van der Waals surface area contributed by atoms with Crippen molar-refractivity contribution in [3.05, 3.63) is 35.1 Å². The number of halogens is 1. The van der Waals surface area contributed by atoms with Gasteiger partial charge in [-0.2, -0.15) is 0 Å². The Morgan fingerprint density at radius 1 is 1.18 bits per heavy atom. The first-order valence-electron chi connectivity index (χ1n) is 6.81. The van der Waals surface area contributed by atoms with Crippen molar-refractivity contribution in [2.75, 3.05) is 40.5 Å². The van der Waals surface area contributed by atoms with Gasteiger partial charge in [0.25, 0.3) is 5.91 Å². The van der Waals surface area contributed by atoms with E-state index in [1.54, 1.807) is 7.11 Å². The highest BCUT2D eigenvalue weighted by molar-refractivity contribution is 5.96. The molecule has 0 unspecified atom stereocenters. The zero-order valence-electron chi connectivity index (χ0n) is 12.7. The van der Waals surface area contributed by atoms with Crippen LogP contribution in [0.2, 0.25) is 0 Å². The minimum atomic E-state index is -1.24. The summed E-state index contributed by atoms with van der Waals surface area (Å²) in [7, 11) is 3.08. The molecule has 1 amide bonds. The summed E-state index contributed by atoms with van der Waals surface area (Å²) in [5, 5.41) is 8.81. The number of hydrogen-bond acceptors (Lipinski definition) is 4. The van der Waals surface area contributed by atoms with Crippen LogP contribution in [0.3, 0.4) is 0 Å². The number of methoxy groups -OCH3 is 2. The standard InChI is InChI=1S/C15H20FNO5/c1-21-8-3-6-17(7-9-22-2)14(18)12-5-4-11(15(19)20)10-13(12)16/h4-5,10H,3,6-9H2,1-2H3,(H,19,20). The molecule has 0 aliphatic heterocycles. The highest BCUT2D eigenvalue weighted by Crippen LogP contribution is 2.14. The molecule has 0 bridgehead atoms. The Kier molecular flexibility index (Phi) is 7.48. The maximum absolute atomic E-state index is 14.0. The number of carbonyl (C=O) groups excluding carboxylic acids is 1. The number of rotatable bonds is 9. The third-order valence-electron chi connectivity index (χ3n) is 3.08. The van der Waals surface area contributed by atoms with E-state index in [0.717, 1.165) is 6.07 Å². The van der Waals surface area contributed by atoms with E-state index in [1.165, 1.54) is 24.1 Å². The van der Waals surface area contributed by atoms with Gasteiger partial charge in [-0.1, -0.05) is 0 Å². The van der Waals surface area contributed by atoms with Crippen molar-refractivity contribution in [2.24, 2.45) is 0 Å². The second-order valence-electron chi connectivity index (χ2n) is 4.63. The number of amides is 1. The van der Waals surface area contributed by atoms with Crippen LogP contribution in [0.4, 0.5) is 4.39 Å². The fraction of sp³-hybridized carbons (Fsp3) is 0.467. The molecule has 6 nitrogen and oxygen atoms in total. The first-order chi connectivity index (χ1) is 10.5. The zero-order chi connectivity index (χ0) is 16.5. The third kappa shape index (κ3) is 5.09. The van der Waals surface area contributed by atoms with Gasteiger partial charge in [-0.25, -0.2) is 9.18 Å². The number of aromatic carboxylic acids is 1. The van der Waals surface area contributed by atoms with E-state index in [-0.39, 0.29) is 11.1 Å². The summed E-state index contributed by atoms with van der Waals surface area (Å²) in [5.74, 6) is -2.59. The van der Waals surface area contributed by atoms with Gasteiger partial charge in [-0.3, -0.25) is 4.79 Å². The lowest BCUT2D eigenvalue weighted by molar-refractivity contribution is 0.0663. The van der Waals surface area contributed by atoms with Crippen molar-refractivity contribution in [1.29, 1.82) is 0 Å². The van der Waals surface area contributed by atoms with Crippen LogP contribution < -0.4 is 0 Å². The number of carbonyl (C=O) groups is 2. The number of hydrogen-bond donors (Lipinski definition) is 1. The average Bonchev–Trinajstić information content (AvgIpc) is 2.50. The molecule has 122 valence electrons. The molecular formula is C15H20FNO5. The molecule has 0 spiro atoms. The Balaban J connectivity index is 2.89. The predicted molar refractivity (Wildman–Crippen MR) is 77.6 cm³/mol. The smallest absolute Gasteiger partial charge is 0.335 e. The SMILES string of the molecule is COCCCN(CCOC)C(=O)c1ccc(C(=O)O)cc1F. The number of carboxylic acids is 1. The molecule has 0 heterocycles. The van der Waals surface area contributed by atoms with Crippen molar-refractivity contribution < 1.29 is 28.6 Å². The Hall–Kier alpha value is -1.99. The Morgan fingerprint density at radius 2 is 1.86 bits per heavy atom. The molecule has 0 saturated heterocycles. The molecule has 1 N–H and O–H groups in total. The molecule has 0 saturated carbocycles. The second-order valence-corrected chi connectivity index (χ2v) is 4.63. The average molecular weight is 313 g/mol. The normalized spacial score (nSPS) is 10.5. The van der Waals surface area contributed by atoms with Crippen molar-refractivity contribution in [2.45, 2.75) is 6.42 Å². The summed E-state index contributed by atoms with van der Waals surface area (Å²) in [4.78, 5) is 24.6. The number of nitrogens with zero attached hydrogens (tertiary/aromatic N) is 1. The van der Waals surface area contributed by atoms with E-state index < -0.39 is 17.7 Å². The quantitative estimate of drug-likeness (QED) is 0.702. The van der Waals surface area contributed by atoms with E-state index in [4.69, 9.17) is 14.6 Å². The van der Waals surface area contributed by atoms with Gasteiger partial charge >= 0.3 is 5.97 Å². The van der Waals surface area contributed by atoms with Crippen LogP contribution in [0, 0.1) is 5.82 Å². The summed E-state index contributed by atoms with van der Waals surface area (Å²) in [6, 6.07) is 3.25. The van der Waals surface area contributed by atoms with Crippen molar-refractivity contribution >= 4 is 11.9 Å². The fourth-order valence-electron chi connectivity index (χ4n) is 1.91. The zero-order valence-corrected chi connectivity index (χ0v) is 12.7. The van der Waals surface area contributed by atoms with Gasteiger partial charge in [0.1, 0.15) is 5.82 Å². The summed E-state index contributed by atoms with van der Waals surface area (Å²) in [5.41, 5.74) is -0.351. The number of carboxylic acid groups (broad SMARTS) is 1. The van der Waals surface area contributed by atoms with Crippen LogP contribution in [-0.4, -0.2) is 62.4 Å². The van der Waals surface area contributed by atoms with Gasteiger partial charge < -0.3 is 19.5 Å². The Morgan fingerprint density at radius 3 is 2.41 bits per heavy atom. The minimum Gasteiger partial charge on any atom is -0.478 e. The first-order valence-corrected chi connectivity index (χ1v) is 6.81. The van der Waals surface area contributed by atoms with Crippen LogP contribution in [0.1, 0.15) is 27.1 Å². The van der Waals surface area contributed by atoms with Gasteiger partial charge in [-0.05, 0) is 24.6 Å². The maximum Gasteiger partial charge on any atom is 0.335 e. The van der Waals surface area contributed by atoms with E-state index >= 15 is 0 Å². The second kappa shape index (κ2) is 9.11. The molecule has 0 atom stereocenters. The fourth-order valence-corrected chi connectivity index (χ4v) is 1.91. The predicted octanol–water partition coefficient (Wildman–Crippen LogP) is 1.65. The number of benzene rings is 1. The van der Waals surface area contributed by atoms with Gasteiger partial charge in [0.05, 0.1) is 17.7 Å². The Labute approximate surface area is 128 Å². The van der Waals surface area contributed by atoms with E-state index in [0.29, 0.717) is 32.7 Å². The minimum absolute atomic E-state index is 0.154. The topological polar surface area (TPSA) is 76.1 Å². The summed E-state index contributed by atoms with van der Waals surface area (Å²) >= 11 is 0. The molecule has 7 heteroatoms. The molecule has 0 radical (unpaired) electrons. The van der Waals surface area contributed by atoms with Crippen LogP contribution >= 0.6 is 0 Å². The maximum atomic E-state index is 14.0.